The number of amides is 1. The van der Waals surface area contributed by atoms with Gasteiger partial charge in [-0.2, -0.15) is 25.8 Å². The SMILES string of the molecule is CN1CCC([C@@]2(OC(=O)C(F)(F)F)C[C@H](S)CN2C(=O)OCc2ccc([N+](=O)[O-])cc2)CC1. The van der Waals surface area contributed by atoms with Gasteiger partial charge in [-0.25, -0.2) is 9.59 Å². The summed E-state index contributed by atoms with van der Waals surface area (Å²) in [6.45, 7) is 0.818. The van der Waals surface area contributed by atoms with Crippen LogP contribution in [0.3, 0.4) is 0 Å². The van der Waals surface area contributed by atoms with E-state index < -0.39 is 40.1 Å². The second-order valence-electron chi connectivity index (χ2n) is 8.26. The molecule has 1 amide bonds. The van der Waals surface area contributed by atoms with Crippen LogP contribution in [0.15, 0.2) is 24.3 Å². The maximum Gasteiger partial charge on any atom is 0.491 e. The molecule has 13 heteroatoms. The number of carbonyl (C=O) groups is 2. The second kappa shape index (κ2) is 9.75. The summed E-state index contributed by atoms with van der Waals surface area (Å²) in [7, 11) is 1.87. The Kier molecular flexibility index (Phi) is 7.42. The predicted octanol–water partition coefficient (Wildman–Crippen LogP) is 3.38. The molecule has 182 valence electrons. The van der Waals surface area contributed by atoms with Gasteiger partial charge in [0.2, 0.25) is 0 Å². The number of piperidine rings is 1. The summed E-state index contributed by atoms with van der Waals surface area (Å²) in [6, 6.07) is 5.31. The molecule has 0 radical (unpaired) electrons. The zero-order valence-corrected chi connectivity index (χ0v) is 18.7. The number of nitro groups is 1. The normalized spacial score (nSPS) is 24.5. The maximum absolute atomic E-state index is 13.1. The zero-order chi connectivity index (χ0) is 24.4. The Hall–Kier alpha value is -2.54. The lowest BCUT2D eigenvalue weighted by Gasteiger charge is -2.45. The molecule has 33 heavy (non-hydrogen) atoms. The van der Waals surface area contributed by atoms with Crippen molar-refractivity contribution < 1.29 is 37.2 Å². The van der Waals surface area contributed by atoms with Crippen LogP contribution in [0.25, 0.3) is 0 Å². The van der Waals surface area contributed by atoms with Crippen LogP contribution >= 0.6 is 12.6 Å². The topological polar surface area (TPSA) is 102 Å². The third-order valence-corrected chi connectivity index (χ3v) is 6.31. The van der Waals surface area contributed by atoms with Crippen LogP contribution in [0, 0.1) is 16.0 Å². The van der Waals surface area contributed by atoms with E-state index in [0.717, 1.165) is 4.90 Å². The number of ether oxygens (including phenoxy) is 2. The molecule has 0 saturated carbocycles. The molecule has 0 bridgehead atoms. The van der Waals surface area contributed by atoms with E-state index in [1.54, 1.807) is 0 Å². The fourth-order valence-corrected chi connectivity index (χ4v) is 4.71. The highest BCUT2D eigenvalue weighted by atomic mass is 32.1. The van der Waals surface area contributed by atoms with Gasteiger partial charge in [-0.1, -0.05) is 0 Å². The first-order valence-electron chi connectivity index (χ1n) is 10.3. The molecule has 0 N–H and O–H groups in total. The van der Waals surface area contributed by atoms with Crippen molar-refractivity contribution in [2.75, 3.05) is 26.7 Å². The average Bonchev–Trinajstić information content (AvgIpc) is 3.09. The number of rotatable bonds is 5. The largest absolute Gasteiger partial charge is 0.491 e. The lowest BCUT2D eigenvalue weighted by atomic mass is 9.84. The van der Waals surface area contributed by atoms with E-state index in [4.69, 9.17) is 9.47 Å². The zero-order valence-electron chi connectivity index (χ0n) is 17.8. The van der Waals surface area contributed by atoms with Gasteiger partial charge < -0.3 is 14.4 Å². The number of non-ortho nitro benzene ring substituents is 1. The van der Waals surface area contributed by atoms with Crippen LogP contribution in [-0.4, -0.2) is 70.6 Å². The van der Waals surface area contributed by atoms with E-state index in [0.29, 0.717) is 31.5 Å². The van der Waals surface area contributed by atoms with E-state index in [2.05, 4.69) is 12.6 Å². The highest BCUT2D eigenvalue weighted by molar-refractivity contribution is 7.81. The lowest BCUT2D eigenvalue weighted by Crippen LogP contribution is -2.58. The number of carbonyl (C=O) groups excluding carboxylic acids is 2. The van der Waals surface area contributed by atoms with E-state index in [1.807, 2.05) is 11.9 Å². The van der Waals surface area contributed by atoms with Crippen molar-refractivity contribution in [3.8, 4) is 0 Å². The molecule has 2 aliphatic rings. The minimum absolute atomic E-state index is 0.0559. The molecule has 2 heterocycles. The van der Waals surface area contributed by atoms with Crippen LogP contribution in [0.5, 0.6) is 0 Å². The smallest absolute Gasteiger partial charge is 0.444 e. The Morgan fingerprint density at radius 3 is 2.39 bits per heavy atom. The van der Waals surface area contributed by atoms with Crippen LogP contribution in [0.2, 0.25) is 0 Å². The van der Waals surface area contributed by atoms with Gasteiger partial charge in [-0.05, 0) is 50.7 Å². The molecular formula is C20H24F3N3O6S. The van der Waals surface area contributed by atoms with Gasteiger partial charge in [0.1, 0.15) is 6.61 Å². The predicted molar refractivity (Wildman–Crippen MR) is 112 cm³/mol. The average molecular weight is 491 g/mol. The molecule has 1 aromatic rings. The van der Waals surface area contributed by atoms with E-state index >= 15 is 0 Å². The van der Waals surface area contributed by atoms with Crippen molar-refractivity contribution in [1.82, 2.24) is 9.80 Å². The van der Waals surface area contributed by atoms with Gasteiger partial charge in [-0.15, -0.1) is 0 Å². The Labute approximate surface area is 193 Å². The van der Waals surface area contributed by atoms with Crippen molar-refractivity contribution in [3.05, 3.63) is 39.9 Å². The summed E-state index contributed by atoms with van der Waals surface area (Å²) < 4.78 is 49.7. The Morgan fingerprint density at radius 2 is 1.85 bits per heavy atom. The standard InChI is InChI=1S/C20H24F3N3O6S/c1-24-8-6-14(7-9-24)19(32-17(27)20(21,22)23)10-16(33)11-25(19)18(28)31-12-13-2-4-15(5-3-13)26(29)30/h2-5,14,16,33H,6-12H2,1H3/t16-,19-/m0/s1. The Bertz CT molecular complexity index is 892. The molecule has 0 aromatic heterocycles. The third kappa shape index (κ3) is 5.69. The number of likely N-dealkylation sites (tertiary alicyclic amines) is 2. The van der Waals surface area contributed by atoms with Crippen LogP contribution in [0.1, 0.15) is 24.8 Å². The van der Waals surface area contributed by atoms with Crippen LogP contribution in [0.4, 0.5) is 23.7 Å². The van der Waals surface area contributed by atoms with Crippen LogP contribution < -0.4 is 0 Å². The minimum atomic E-state index is -5.22. The quantitative estimate of drug-likeness (QED) is 0.292. The minimum Gasteiger partial charge on any atom is -0.444 e. The lowest BCUT2D eigenvalue weighted by molar-refractivity contribution is -0.384. The van der Waals surface area contributed by atoms with E-state index in [-0.39, 0.29) is 25.3 Å². The fraction of sp³-hybridized carbons (Fsp3) is 0.600. The molecule has 2 fully saturated rings. The third-order valence-electron chi connectivity index (χ3n) is 5.97. The number of hydrogen-bond donors (Lipinski definition) is 1. The molecule has 2 atom stereocenters. The Morgan fingerprint density at radius 1 is 1.24 bits per heavy atom. The van der Waals surface area contributed by atoms with Gasteiger partial charge in [0.25, 0.3) is 5.69 Å². The molecular weight excluding hydrogens is 467 g/mol. The van der Waals surface area contributed by atoms with Crippen molar-refractivity contribution in [2.24, 2.45) is 5.92 Å². The molecule has 9 nitrogen and oxygen atoms in total. The first-order chi connectivity index (χ1) is 15.4. The second-order valence-corrected chi connectivity index (χ2v) is 8.99. The highest BCUT2D eigenvalue weighted by Crippen LogP contribution is 2.45. The van der Waals surface area contributed by atoms with Gasteiger partial charge in [0.05, 0.1) is 4.92 Å². The molecule has 0 aliphatic carbocycles. The molecule has 0 spiro atoms. The number of thiol groups is 1. The van der Waals surface area contributed by atoms with Gasteiger partial charge in [0.15, 0.2) is 5.72 Å². The van der Waals surface area contributed by atoms with Crippen molar-refractivity contribution in [3.63, 3.8) is 0 Å². The summed E-state index contributed by atoms with van der Waals surface area (Å²) in [5.41, 5.74) is -1.51. The maximum atomic E-state index is 13.1. The highest BCUT2D eigenvalue weighted by Gasteiger charge is 2.58. The number of benzene rings is 1. The summed E-state index contributed by atoms with van der Waals surface area (Å²) in [5, 5.41) is 10.2. The number of nitro benzene ring substituents is 1. The first-order valence-corrected chi connectivity index (χ1v) is 10.8. The molecule has 2 saturated heterocycles. The number of esters is 1. The number of alkyl halides is 3. The molecule has 0 unspecified atom stereocenters. The first kappa shape index (κ1) is 25.1. The van der Waals surface area contributed by atoms with E-state index in [1.165, 1.54) is 24.3 Å². The monoisotopic (exact) mass is 491 g/mol. The number of halogens is 3. The molecule has 1 aromatic carbocycles. The van der Waals surface area contributed by atoms with Gasteiger partial charge in [-0.3, -0.25) is 15.0 Å². The summed E-state index contributed by atoms with van der Waals surface area (Å²) in [6.07, 6.45) is -5.37. The summed E-state index contributed by atoms with van der Waals surface area (Å²) >= 11 is 4.36. The van der Waals surface area contributed by atoms with Gasteiger partial charge in [0, 0.05) is 36.3 Å². The summed E-state index contributed by atoms with van der Waals surface area (Å²) in [4.78, 5) is 38.1. The van der Waals surface area contributed by atoms with Crippen molar-refractivity contribution in [2.45, 2.75) is 43.0 Å². The van der Waals surface area contributed by atoms with Crippen LogP contribution in [-0.2, 0) is 20.9 Å². The van der Waals surface area contributed by atoms with Gasteiger partial charge >= 0.3 is 18.2 Å². The molecule has 3 rings (SSSR count). The number of hydrogen-bond acceptors (Lipinski definition) is 8. The van der Waals surface area contributed by atoms with E-state index in [9.17, 15) is 32.9 Å². The van der Waals surface area contributed by atoms with Crippen molar-refractivity contribution in [1.29, 1.82) is 0 Å². The molecule has 2 aliphatic heterocycles. The number of nitrogens with zero attached hydrogens (tertiary/aromatic N) is 3. The summed E-state index contributed by atoms with van der Waals surface area (Å²) in [5.74, 6) is -2.89. The van der Waals surface area contributed by atoms with Crippen molar-refractivity contribution >= 4 is 30.4 Å². The Balaban J connectivity index is 1.82. The fourth-order valence-electron chi connectivity index (χ4n) is 4.29.